The normalized spacial score (nSPS) is 11.6. The van der Waals surface area contributed by atoms with Gasteiger partial charge in [-0.25, -0.2) is 4.39 Å². The zero-order chi connectivity index (χ0) is 20.8. The largest absolute Gasteiger partial charge is 0.377 e. The van der Waals surface area contributed by atoms with Crippen LogP contribution >= 0.6 is 0 Å². The molecule has 0 aliphatic heterocycles. The van der Waals surface area contributed by atoms with Crippen molar-refractivity contribution in [3.63, 3.8) is 0 Å². The third kappa shape index (κ3) is 5.31. The molecule has 1 atom stereocenters. The number of nitrogens with one attached hydrogen (secondary N) is 1. The first kappa shape index (κ1) is 21.4. The van der Waals surface area contributed by atoms with Crippen LogP contribution < -0.4 is 10.2 Å². The fraction of sp³-hybridized carbons (Fsp3) is 0.364. The molecule has 0 aliphatic rings. The molecule has 2 amide bonds. The average Bonchev–Trinajstić information content (AvgIpc) is 2.65. The first-order chi connectivity index (χ1) is 13.2. The quantitative estimate of drug-likeness (QED) is 0.773. The summed E-state index contributed by atoms with van der Waals surface area (Å²) in [5.41, 5.74) is 2.75. The van der Waals surface area contributed by atoms with E-state index in [1.165, 1.54) is 18.2 Å². The van der Waals surface area contributed by atoms with Crippen molar-refractivity contribution >= 4 is 23.2 Å². The zero-order valence-corrected chi connectivity index (χ0v) is 17.1. The third-order valence-electron chi connectivity index (χ3n) is 4.77. The summed E-state index contributed by atoms with van der Waals surface area (Å²) < 4.78 is 13.4. The smallest absolute Gasteiger partial charge is 0.255 e. The second-order valence-corrected chi connectivity index (χ2v) is 7.11. The van der Waals surface area contributed by atoms with E-state index < -0.39 is 5.82 Å². The van der Waals surface area contributed by atoms with E-state index in [2.05, 4.69) is 5.32 Å². The highest BCUT2D eigenvalue weighted by Crippen LogP contribution is 2.26. The minimum Gasteiger partial charge on any atom is -0.377 e. The molecule has 2 aromatic rings. The van der Waals surface area contributed by atoms with Gasteiger partial charge in [-0.3, -0.25) is 9.59 Å². The molecule has 0 unspecified atom stereocenters. The van der Waals surface area contributed by atoms with Crippen LogP contribution in [0.4, 0.5) is 15.8 Å². The summed E-state index contributed by atoms with van der Waals surface area (Å²) in [5.74, 6) is -0.830. The number of halogens is 1. The van der Waals surface area contributed by atoms with E-state index in [0.29, 0.717) is 12.2 Å². The molecule has 6 heteroatoms. The molecule has 0 spiro atoms. The first-order valence-corrected chi connectivity index (χ1v) is 9.37. The maximum atomic E-state index is 13.4. The monoisotopic (exact) mass is 385 g/mol. The number of carbonyl (C=O) groups is 2. The molecule has 0 aromatic heterocycles. The molecular formula is C22H28FN3O2. The highest BCUT2D eigenvalue weighted by atomic mass is 19.1. The number of hydrogen-bond acceptors (Lipinski definition) is 3. The van der Waals surface area contributed by atoms with Gasteiger partial charge in [-0.2, -0.15) is 0 Å². The van der Waals surface area contributed by atoms with Gasteiger partial charge in [-0.1, -0.05) is 13.0 Å². The van der Waals surface area contributed by atoms with E-state index in [-0.39, 0.29) is 23.4 Å². The van der Waals surface area contributed by atoms with Crippen molar-refractivity contribution in [1.82, 2.24) is 4.90 Å². The summed E-state index contributed by atoms with van der Waals surface area (Å²) in [6, 6.07) is 11.2. The molecule has 2 rings (SSSR count). The van der Waals surface area contributed by atoms with Crippen LogP contribution in [0.25, 0.3) is 0 Å². The maximum Gasteiger partial charge on any atom is 0.255 e. The van der Waals surface area contributed by atoms with E-state index in [1.54, 1.807) is 19.1 Å². The summed E-state index contributed by atoms with van der Waals surface area (Å²) in [7, 11) is 3.87. The molecular weight excluding hydrogens is 357 g/mol. The number of benzene rings is 2. The fourth-order valence-corrected chi connectivity index (χ4v) is 3.04. The van der Waals surface area contributed by atoms with Gasteiger partial charge in [0.15, 0.2) is 0 Å². The summed E-state index contributed by atoms with van der Waals surface area (Å²) >= 11 is 0. The predicted octanol–water partition coefficient (Wildman–Crippen LogP) is 4.29. The number of hydrogen-bond donors (Lipinski definition) is 1. The zero-order valence-electron chi connectivity index (χ0n) is 17.1. The van der Waals surface area contributed by atoms with Crippen LogP contribution in [0.3, 0.4) is 0 Å². The van der Waals surface area contributed by atoms with E-state index in [0.717, 1.165) is 17.7 Å². The predicted molar refractivity (Wildman–Crippen MR) is 111 cm³/mol. The molecule has 0 heterocycles. The van der Waals surface area contributed by atoms with Crippen LogP contribution in [0.15, 0.2) is 42.5 Å². The van der Waals surface area contributed by atoms with Gasteiger partial charge in [0.05, 0.1) is 0 Å². The van der Waals surface area contributed by atoms with E-state index in [1.807, 2.05) is 49.9 Å². The van der Waals surface area contributed by atoms with Gasteiger partial charge in [-0.05, 0) is 55.3 Å². The van der Waals surface area contributed by atoms with Crippen molar-refractivity contribution in [3.8, 4) is 0 Å². The van der Waals surface area contributed by atoms with Crippen LogP contribution in [0.2, 0.25) is 0 Å². The van der Waals surface area contributed by atoms with Gasteiger partial charge in [0.25, 0.3) is 5.91 Å². The summed E-state index contributed by atoms with van der Waals surface area (Å²) in [6.07, 6.45) is 0.854. The number of rotatable bonds is 7. The van der Waals surface area contributed by atoms with Crippen molar-refractivity contribution in [2.75, 3.05) is 24.3 Å². The van der Waals surface area contributed by atoms with E-state index in [4.69, 9.17) is 0 Å². The molecule has 28 heavy (non-hydrogen) atoms. The lowest BCUT2D eigenvalue weighted by molar-refractivity contribution is -0.131. The summed E-state index contributed by atoms with van der Waals surface area (Å²) in [5, 5.41) is 2.81. The second-order valence-electron chi connectivity index (χ2n) is 7.11. The van der Waals surface area contributed by atoms with Gasteiger partial charge in [0.1, 0.15) is 5.82 Å². The Hall–Kier alpha value is -2.89. The lowest BCUT2D eigenvalue weighted by Crippen LogP contribution is -2.36. The Morgan fingerprint density at radius 3 is 2.43 bits per heavy atom. The molecule has 5 nitrogen and oxygen atoms in total. The van der Waals surface area contributed by atoms with Crippen LogP contribution in [0.1, 0.15) is 43.1 Å². The Balaban J connectivity index is 2.31. The molecule has 0 saturated heterocycles. The van der Waals surface area contributed by atoms with Crippen molar-refractivity contribution < 1.29 is 14.0 Å². The lowest BCUT2D eigenvalue weighted by Gasteiger charge is -2.29. The Kier molecular flexibility index (Phi) is 7.15. The van der Waals surface area contributed by atoms with Gasteiger partial charge in [-0.15, -0.1) is 0 Å². The van der Waals surface area contributed by atoms with Crippen LogP contribution in [0.5, 0.6) is 0 Å². The van der Waals surface area contributed by atoms with Gasteiger partial charge >= 0.3 is 0 Å². The van der Waals surface area contributed by atoms with Gasteiger partial charge in [0, 0.05) is 50.5 Å². The number of amides is 2. The SMILES string of the molecule is CC[C@@H](C)N(Cc1cc(NC(=O)c2cccc(F)c2)ccc1N(C)C)C(C)=O. The summed E-state index contributed by atoms with van der Waals surface area (Å²) in [6.45, 7) is 6.08. The van der Waals surface area contributed by atoms with Crippen molar-refractivity contribution in [2.24, 2.45) is 0 Å². The molecule has 0 radical (unpaired) electrons. The second kappa shape index (κ2) is 9.35. The average molecular weight is 385 g/mol. The minimum atomic E-state index is -0.457. The number of anilines is 2. The van der Waals surface area contributed by atoms with Crippen molar-refractivity contribution in [3.05, 3.63) is 59.4 Å². The number of nitrogens with zero attached hydrogens (tertiary/aromatic N) is 2. The van der Waals surface area contributed by atoms with Crippen LogP contribution in [0, 0.1) is 5.82 Å². The van der Waals surface area contributed by atoms with Crippen LogP contribution in [-0.2, 0) is 11.3 Å². The highest BCUT2D eigenvalue weighted by Gasteiger charge is 2.18. The molecule has 0 aliphatic carbocycles. The molecule has 0 fully saturated rings. The Bertz CT molecular complexity index is 851. The Labute approximate surface area is 166 Å². The third-order valence-corrected chi connectivity index (χ3v) is 4.77. The number of carbonyl (C=O) groups excluding carboxylic acids is 2. The van der Waals surface area contributed by atoms with Crippen molar-refractivity contribution in [2.45, 2.75) is 39.8 Å². The fourth-order valence-electron chi connectivity index (χ4n) is 3.04. The van der Waals surface area contributed by atoms with E-state index >= 15 is 0 Å². The summed E-state index contributed by atoms with van der Waals surface area (Å²) in [4.78, 5) is 28.3. The molecule has 0 saturated carbocycles. The van der Waals surface area contributed by atoms with Gasteiger partial charge < -0.3 is 15.1 Å². The van der Waals surface area contributed by atoms with Crippen molar-refractivity contribution in [1.29, 1.82) is 0 Å². The Morgan fingerprint density at radius 2 is 1.86 bits per heavy atom. The topological polar surface area (TPSA) is 52.7 Å². The lowest BCUT2D eigenvalue weighted by atomic mass is 10.1. The first-order valence-electron chi connectivity index (χ1n) is 9.37. The molecule has 2 aromatic carbocycles. The highest BCUT2D eigenvalue weighted by molar-refractivity contribution is 6.04. The standard InChI is InChI=1S/C22H28FN3O2/c1-6-15(2)26(16(3)27)14-18-13-20(10-11-21(18)25(4)5)24-22(28)17-8-7-9-19(23)12-17/h7-13,15H,6,14H2,1-5H3,(H,24,28)/t15-/m1/s1. The minimum absolute atomic E-state index is 0.00764. The van der Waals surface area contributed by atoms with Gasteiger partial charge in [0.2, 0.25) is 5.91 Å². The maximum absolute atomic E-state index is 13.4. The Morgan fingerprint density at radius 1 is 1.14 bits per heavy atom. The molecule has 150 valence electrons. The molecule has 1 N–H and O–H groups in total. The van der Waals surface area contributed by atoms with Crippen LogP contribution in [-0.4, -0.2) is 36.9 Å². The molecule has 0 bridgehead atoms. The van der Waals surface area contributed by atoms with E-state index in [9.17, 15) is 14.0 Å².